The van der Waals surface area contributed by atoms with Crippen molar-refractivity contribution in [3.05, 3.63) is 0 Å². The average Bonchev–Trinajstić information content (AvgIpc) is 2.55. The summed E-state index contributed by atoms with van der Waals surface area (Å²) in [5.41, 5.74) is 0. The summed E-state index contributed by atoms with van der Waals surface area (Å²) in [6.07, 6.45) is 9.00. The second-order valence-corrected chi connectivity index (χ2v) is 8.80. The zero-order valence-electron chi connectivity index (χ0n) is 15.5. The van der Waals surface area contributed by atoms with Gasteiger partial charge in [0.25, 0.3) is 0 Å². The van der Waals surface area contributed by atoms with Gasteiger partial charge in [-0.25, -0.2) is 0 Å². The summed E-state index contributed by atoms with van der Waals surface area (Å²) < 4.78 is 41.2. The monoisotopic (exact) mass is 368 g/mol. The van der Waals surface area contributed by atoms with Crippen LogP contribution in [-0.4, -0.2) is 17.9 Å². The molecule has 0 aromatic rings. The molecule has 0 saturated heterocycles. The first-order valence-electron chi connectivity index (χ1n) is 10.1. The van der Waals surface area contributed by atoms with Gasteiger partial charge in [-0.1, -0.05) is 19.8 Å². The molecule has 3 rings (SSSR count). The van der Waals surface area contributed by atoms with E-state index < -0.39 is 12.5 Å². The van der Waals surface area contributed by atoms with Crippen molar-refractivity contribution >= 4 is 0 Å². The molecule has 3 fully saturated rings. The second-order valence-electron chi connectivity index (χ2n) is 8.80. The van der Waals surface area contributed by atoms with Crippen LogP contribution in [0.5, 0.6) is 0 Å². The predicted molar refractivity (Wildman–Crippen MR) is 97.3 cm³/mol. The highest BCUT2D eigenvalue weighted by Gasteiger charge is 2.38. The topological polar surface area (TPSA) is 40.7 Å². The molecule has 0 unspecified atom stereocenters. The van der Waals surface area contributed by atoms with E-state index in [0.717, 1.165) is 36.5 Å². The number of rotatable bonds is 3. The van der Waals surface area contributed by atoms with Crippen LogP contribution in [0.4, 0.5) is 13.2 Å². The first-order chi connectivity index (χ1) is 11.4. The lowest BCUT2D eigenvalue weighted by Gasteiger charge is -2.41. The van der Waals surface area contributed by atoms with Crippen LogP contribution >= 0.6 is 0 Å². The van der Waals surface area contributed by atoms with Crippen molar-refractivity contribution in [2.24, 2.45) is 29.6 Å². The van der Waals surface area contributed by atoms with Crippen molar-refractivity contribution < 1.29 is 26.2 Å². The molecule has 5 heteroatoms. The minimum atomic E-state index is -4.47. The van der Waals surface area contributed by atoms with Gasteiger partial charge >= 0.3 is 6.36 Å². The lowest BCUT2D eigenvalue weighted by Crippen LogP contribution is -2.32. The Morgan fingerprint density at radius 1 is 0.640 bits per heavy atom. The number of hydrogen-bond acceptors (Lipinski definition) is 1. The molecule has 3 aliphatic rings. The van der Waals surface area contributed by atoms with Gasteiger partial charge in [-0.3, -0.25) is 4.74 Å². The minimum Gasteiger partial charge on any atom is -0.412 e. The average molecular weight is 369 g/mol. The summed E-state index contributed by atoms with van der Waals surface area (Å²) >= 11 is 0. The van der Waals surface area contributed by atoms with Gasteiger partial charge in [0.05, 0.1) is 6.10 Å². The molecule has 0 aromatic carbocycles. The van der Waals surface area contributed by atoms with E-state index in [1.807, 2.05) is 0 Å². The standard InChI is InChI=1S/C20H33F3O.H2O.2H2/c1-14-2-4-15(5-3-14)16-6-8-17(9-7-16)18-10-12-19(13-11-18)24-20(21,22)23;;;/h14-19H,2-13H2,1H3;1H2;2*1H. The highest BCUT2D eigenvalue weighted by Crippen LogP contribution is 2.45. The Balaban J connectivity index is 0.00000225. The molecule has 3 aliphatic carbocycles. The molecule has 2 nitrogen and oxygen atoms in total. The fraction of sp³-hybridized carbons (Fsp3) is 1.00. The molecule has 2 N–H and O–H groups in total. The first kappa shape index (κ1) is 21.0. The van der Waals surface area contributed by atoms with Crippen molar-refractivity contribution in [1.82, 2.24) is 0 Å². The Labute approximate surface area is 153 Å². The van der Waals surface area contributed by atoms with E-state index in [2.05, 4.69) is 11.7 Å². The third kappa shape index (κ3) is 6.13. The lowest BCUT2D eigenvalue weighted by molar-refractivity contribution is -0.346. The third-order valence-corrected chi connectivity index (χ3v) is 7.23. The lowest BCUT2D eigenvalue weighted by atomic mass is 9.65. The minimum absolute atomic E-state index is 0. The van der Waals surface area contributed by atoms with Crippen LogP contribution < -0.4 is 0 Å². The SMILES string of the molecule is CC1CCC(C2CCC(C3CCC(OC(F)(F)F)CC3)CC2)CC1.O.[HH].[HH]. The fourth-order valence-corrected chi connectivity index (χ4v) is 5.71. The van der Waals surface area contributed by atoms with Crippen molar-refractivity contribution in [3.63, 3.8) is 0 Å². The Kier molecular flexibility index (Phi) is 7.63. The van der Waals surface area contributed by atoms with Gasteiger partial charge in [-0.15, -0.1) is 13.2 Å². The van der Waals surface area contributed by atoms with Crippen molar-refractivity contribution in [2.75, 3.05) is 0 Å². The van der Waals surface area contributed by atoms with Crippen LogP contribution in [0.25, 0.3) is 0 Å². The molecule has 152 valence electrons. The van der Waals surface area contributed by atoms with Crippen LogP contribution in [-0.2, 0) is 4.74 Å². The van der Waals surface area contributed by atoms with Gasteiger partial charge < -0.3 is 5.48 Å². The van der Waals surface area contributed by atoms with E-state index in [-0.39, 0.29) is 8.33 Å². The summed E-state index contributed by atoms with van der Waals surface area (Å²) in [5.74, 6) is 4.21. The summed E-state index contributed by atoms with van der Waals surface area (Å²) in [6.45, 7) is 2.38. The van der Waals surface area contributed by atoms with E-state index in [0.29, 0.717) is 18.8 Å². The van der Waals surface area contributed by atoms with Crippen LogP contribution in [0.3, 0.4) is 0 Å². The molecule has 0 spiro atoms. The number of hydrogen-bond donors (Lipinski definition) is 0. The van der Waals surface area contributed by atoms with Gasteiger partial charge in [0, 0.05) is 2.85 Å². The first-order valence-corrected chi connectivity index (χ1v) is 10.1. The zero-order chi connectivity index (χ0) is 17.2. The Bertz CT molecular complexity index is 385. The predicted octanol–water partition coefficient (Wildman–Crippen LogP) is 6.38. The summed E-state index contributed by atoms with van der Waals surface area (Å²) in [7, 11) is 0. The van der Waals surface area contributed by atoms with E-state index in [9.17, 15) is 13.2 Å². The highest BCUT2D eigenvalue weighted by atomic mass is 19.4. The number of halogens is 3. The summed E-state index contributed by atoms with van der Waals surface area (Å²) in [5, 5.41) is 0. The number of ether oxygens (including phenoxy) is 1. The molecule has 3 saturated carbocycles. The van der Waals surface area contributed by atoms with E-state index in [1.165, 1.54) is 51.4 Å². The number of alkyl halides is 3. The zero-order valence-corrected chi connectivity index (χ0v) is 15.5. The van der Waals surface area contributed by atoms with E-state index in [1.54, 1.807) is 0 Å². The summed E-state index contributed by atoms with van der Waals surface area (Å²) in [6, 6.07) is 0. The molecular weight excluding hydrogens is 329 g/mol. The van der Waals surface area contributed by atoms with Crippen LogP contribution in [0.2, 0.25) is 0 Å². The van der Waals surface area contributed by atoms with E-state index >= 15 is 0 Å². The van der Waals surface area contributed by atoms with Crippen molar-refractivity contribution in [2.45, 2.75) is 96.4 Å². The van der Waals surface area contributed by atoms with Crippen molar-refractivity contribution in [1.29, 1.82) is 0 Å². The van der Waals surface area contributed by atoms with Gasteiger partial charge in [0.1, 0.15) is 0 Å². The van der Waals surface area contributed by atoms with Gasteiger partial charge in [0.2, 0.25) is 0 Å². The normalized spacial score (nSPS) is 40.3. The maximum atomic E-state index is 12.3. The fourth-order valence-electron chi connectivity index (χ4n) is 5.71. The van der Waals surface area contributed by atoms with Gasteiger partial charge in [0.15, 0.2) is 0 Å². The quantitative estimate of drug-likeness (QED) is 0.569. The van der Waals surface area contributed by atoms with Gasteiger partial charge in [-0.2, -0.15) is 0 Å². The highest BCUT2D eigenvalue weighted by molar-refractivity contribution is 4.85. The summed E-state index contributed by atoms with van der Waals surface area (Å²) in [4.78, 5) is 0. The molecule has 0 aromatic heterocycles. The molecule has 0 heterocycles. The molecule has 0 amide bonds. The second kappa shape index (κ2) is 9.07. The Morgan fingerprint density at radius 2 is 0.960 bits per heavy atom. The third-order valence-electron chi connectivity index (χ3n) is 7.23. The molecule has 0 radical (unpaired) electrons. The molecule has 0 atom stereocenters. The van der Waals surface area contributed by atoms with Crippen molar-refractivity contribution in [3.8, 4) is 0 Å². The van der Waals surface area contributed by atoms with Crippen LogP contribution in [0.15, 0.2) is 0 Å². The maximum absolute atomic E-state index is 12.3. The largest absolute Gasteiger partial charge is 0.522 e. The van der Waals surface area contributed by atoms with Gasteiger partial charge in [-0.05, 0) is 93.8 Å². The molecule has 0 bridgehead atoms. The van der Waals surface area contributed by atoms with Crippen LogP contribution in [0.1, 0.15) is 86.8 Å². The Morgan fingerprint density at radius 3 is 1.32 bits per heavy atom. The molecule has 25 heavy (non-hydrogen) atoms. The Hall–Kier alpha value is -0.290. The molecule has 0 aliphatic heterocycles. The van der Waals surface area contributed by atoms with Crippen LogP contribution in [0, 0.1) is 29.6 Å². The van der Waals surface area contributed by atoms with E-state index in [4.69, 9.17) is 0 Å². The smallest absolute Gasteiger partial charge is 0.412 e. The maximum Gasteiger partial charge on any atom is 0.522 e. The molecular formula is C20H39F3O2.